The van der Waals surface area contributed by atoms with Gasteiger partial charge in [-0.05, 0) is 36.9 Å². The van der Waals surface area contributed by atoms with Crippen molar-refractivity contribution in [1.82, 2.24) is 10.6 Å². The molecule has 0 saturated carbocycles. The molecular formula is C15H23ClN2O. The highest BCUT2D eigenvalue weighted by Crippen LogP contribution is 2.10. The molecule has 0 aromatic heterocycles. The molecule has 0 aliphatic carbocycles. The van der Waals surface area contributed by atoms with Gasteiger partial charge in [0.1, 0.15) is 0 Å². The molecule has 0 unspecified atom stereocenters. The lowest BCUT2D eigenvalue weighted by atomic mass is 10.0. The number of rotatable bonds is 4. The van der Waals surface area contributed by atoms with E-state index in [1.54, 1.807) is 0 Å². The summed E-state index contributed by atoms with van der Waals surface area (Å²) in [6.45, 7) is 3.74. The number of halogens is 1. The van der Waals surface area contributed by atoms with Crippen molar-refractivity contribution >= 4 is 18.3 Å². The lowest BCUT2D eigenvalue weighted by Crippen LogP contribution is -2.46. The zero-order chi connectivity index (χ0) is 12.8. The maximum absolute atomic E-state index is 12.0. The minimum atomic E-state index is 0. The van der Waals surface area contributed by atoms with Crippen LogP contribution >= 0.6 is 12.4 Å². The highest BCUT2D eigenvalue weighted by Gasteiger charge is 2.19. The molecule has 1 atom stereocenters. The first kappa shape index (κ1) is 16.0. The highest BCUT2D eigenvalue weighted by atomic mass is 35.5. The van der Waals surface area contributed by atoms with Crippen molar-refractivity contribution in [3.8, 4) is 0 Å². The van der Waals surface area contributed by atoms with Crippen molar-refractivity contribution < 1.29 is 4.79 Å². The molecule has 106 valence electrons. The number of nitrogens with one attached hydrogen (secondary N) is 2. The summed E-state index contributed by atoms with van der Waals surface area (Å²) < 4.78 is 0. The Morgan fingerprint density at radius 1 is 1.32 bits per heavy atom. The van der Waals surface area contributed by atoms with Gasteiger partial charge in [0.25, 0.3) is 0 Å². The first-order chi connectivity index (χ1) is 8.81. The van der Waals surface area contributed by atoms with Crippen molar-refractivity contribution in [2.24, 2.45) is 0 Å². The van der Waals surface area contributed by atoms with Gasteiger partial charge < -0.3 is 10.6 Å². The van der Waals surface area contributed by atoms with E-state index in [2.05, 4.69) is 29.7 Å². The van der Waals surface area contributed by atoms with E-state index in [1.165, 1.54) is 17.5 Å². The standard InChI is InChI=1S/C15H22N2O.ClH/c1-2-12-7-3-4-8-13(12)11-17-15(18)14-9-5-6-10-16-14;/h3-4,7-8,14,16H,2,5-6,9-11H2,1H3,(H,17,18);1H/t14-;/m1./s1. The third-order valence-corrected chi connectivity index (χ3v) is 3.58. The zero-order valence-corrected chi connectivity index (χ0v) is 12.3. The molecule has 1 saturated heterocycles. The van der Waals surface area contributed by atoms with Gasteiger partial charge in [-0.3, -0.25) is 4.79 Å². The number of hydrogen-bond acceptors (Lipinski definition) is 2. The van der Waals surface area contributed by atoms with Crippen LogP contribution < -0.4 is 10.6 Å². The third kappa shape index (κ3) is 4.51. The summed E-state index contributed by atoms with van der Waals surface area (Å²) in [6.07, 6.45) is 4.30. The van der Waals surface area contributed by atoms with Crippen molar-refractivity contribution in [3.63, 3.8) is 0 Å². The van der Waals surface area contributed by atoms with Gasteiger partial charge >= 0.3 is 0 Å². The van der Waals surface area contributed by atoms with E-state index >= 15 is 0 Å². The first-order valence-corrected chi connectivity index (χ1v) is 6.89. The Morgan fingerprint density at radius 2 is 2.05 bits per heavy atom. The van der Waals surface area contributed by atoms with Gasteiger partial charge in [-0.1, -0.05) is 37.6 Å². The number of piperidine rings is 1. The number of amides is 1. The average Bonchev–Trinajstić information content (AvgIpc) is 2.46. The lowest BCUT2D eigenvalue weighted by molar-refractivity contribution is -0.123. The molecule has 4 heteroatoms. The SMILES string of the molecule is CCc1ccccc1CNC(=O)[C@H]1CCCCN1.Cl. The Hall–Kier alpha value is -1.06. The summed E-state index contributed by atoms with van der Waals surface area (Å²) in [7, 11) is 0. The van der Waals surface area contributed by atoms with E-state index in [-0.39, 0.29) is 24.4 Å². The van der Waals surface area contributed by atoms with Crippen LogP contribution in [0.25, 0.3) is 0 Å². The van der Waals surface area contributed by atoms with Crippen molar-refractivity contribution in [3.05, 3.63) is 35.4 Å². The molecule has 0 spiro atoms. The average molecular weight is 283 g/mol. The van der Waals surface area contributed by atoms with E-state index in [0.29, 0.717) is 6.54 Å². The Labute approximate surface area is 121 Å². The maximum Gasteiger partial charge on any atom is 0.237 e. The van der Waals surface area contributed by atoms with Gasteiger partial charge in [-0.15, -0.1) is 12.4 Å². The summed E-state index contributed by atoms with van der Waals surface area (Å²) in [6, 6.07) is 8.30. The van der Waals surface area contributed by atoms with Crippen molar-refractivity contribution in [2.75, 3.05) is 6.54 Å². The number of carbonyl (C=O) groups excluding carboxylic acids is 1. The van der Waals surface area contributed by atoms with Crippen LogP contribution in [-0.4, -0.2) is 18.5 Å². The normalized spacial score (nSPS) is 18.5. The molecule has 3 nitrogen and oxygen atoms in total. The number of aryl methyl sites for hydroxylation is 1. The molecule has 19 heavy (non-hydrogen) atoms. The lowest BCUT2D eigenvalue weighted by Gasteiger charge is -2.22. The first-order valence-electron chi connectivity index (χ1n) is 6.89. The molecule has 1 fully saturated rings. The van der Waals surface area contributed by atoms with Gasteiger partial charge in [0.05, 0.1) is 6.04 Å². The maximum atomic E-state index is 12.0. The van der Waals surface area contributed by atoms with Crippen molar-refractivity contribution in [2.45, 2.75) is 45.2 Å². The zero-order valence-electron chi connectivity index (χ0n) is 11.4. The fraction of sp³-hybridized carbons (Fsp3) is 0.533. The van der Waals surface area contributed by atoms with Crippen LogP contribution in [0.4, 0.5) is 0 Å². The molecule has 0 radical (unpaired) electrons. The van der Waals surface area contributed by atoms with E-state index < -0.39 is 0 Å². The minimum Gasteiger partial charge on any atom is -0.351 e. The number of hydrogen-bond donors (Lipinski definition) is 2. The molecule has 1 aromatic carbocycles. The molecule has 0 bridgehead atoms. The van der Waals surface area contributed by atoms with Crippen molar-refractivity contribution in [1.29, 1.82) is 0 Å². The molecule has 1 aliphatic rings. The topological polar surface area (TPSA) is 41.1 Å². The molecule has 1 aliphatic heterocycles. The Balaban J connectivity index is 0.00000180. The molecule has 2 N–H and O–H groups in total. The predicted octanol–water partition coefficient (Wildman–Crippen LogP) is 2.43. The van der Waals surface area contributed by atoms with Gasteiger partial charge in [-0.2, -0.15) is 0 Å². The molecule has 2 rings (SSSR count). The fourth-order valence-corrected chi connectivity index (χ4v) is 2.46. The molecule has 1 aromatic rings. The summed E-state index contributed by atoms with van der Waals surface area (Å²) in [5.41, 5.74) is 2.54. The summed E-state index contributed by atoms with van der Waals surface area (Å²) >= 11 is 0. The quantitative estimate of drug-likeness (QED) is 0.891. The predicted molar refractivity (Wildman–Crippen MR) is 80.6 cm³/mol. The molecular weight excluding hydrogens is 260 g/mol. The molecule has 1 heterocycles. The number of carbonyl (C=O) groups is 1. The van der Waals surface area contributed by atoms with E-state index in [1.807, 2.05) is 12.1 Å². The van der Waals surface area contributed by atoms with Gasteiger partial charge in [-0.25, -0.2) is 0 Å². The van der Waals surface area contributed by atoms with Gasteiger partial charge in [0.15, 0.2) is 0 Å². The smallest absolute Gasteiger partial charge is 0.237 e. The van der Waals surface area contributed by atoms with E-state index in [0.717, 1.165) is 25.8 Å². The fourth-order valence-electron chi connectivity index (χ4n) is 2.46. The van der Waals surface area contributed by atoms with Crippen LogP contribution in [0.5, 0.6) is 0 Å². The van der Waals surface area contributed by atoms with Crippen LogP contribution in [0.3, 0.4) is 0 Å². The summed E-state index contributed by atoms with van der Waals surface area (Å²) in [5, 5.41) is 6.31. The van der Waals surface area contributed by atoms with Gasteiger partial charge in [0, 0.05) is 6.54 Å². The monoisotopic (exact) mass is 282 g/mol. The van der Waals surface area contributed by atoms with Crippen LogP contribution in [0.1, 0.15) is 37.3 Å². The highest BCUT2D eigenvalue weighted by molar-refractivity contribution is 5.85. The van der Waals surface area contributed by atoms with E-state index in [4.69, 9.17) is 0 Å². The van der Waals surface area contributed by atoms with Crippen LogP contribution in [0, 0.1) is 0 Å². The largest absolute Gasteiger partial charge is 0.351 e. The van der Waals surface area contributed by atoms with Gasteiger partial charge in [0.2, 0.25) is 5.91 Å². The Kier molecular flexibility index (Phi) is 6.89. The van der Waals surface area contributed by atoms with Crippen LogP contribution in [0.2, 0.25) is 0 Å². The van der Waals surface area contributed by atoms with Crippen LogP contribution in [0.15, 0.2) is 24.3 Å². The van der Waals surface area contributed by atoms with E-state index in [9.17, 15) is 4.79 Å². The summed E-state index contributed by atoms with van der Waals surface area (Å²) in [5.74, 6) is 0.139. The second-order valence-corrected chi connectivity index (χ2v) is 4.84. The Morgan fingerprint density at radius 3 is 2.68 bits per heavy atom. The third-order valence-electron chi connectivity index (χ3n) is 3.58. The summed E-state index contributed by atoms with van der Waals surface area (Å²) in [4.78, 5) is 12.0. The minimum absolute atomic E-state index is 0. The second-order valence-electron chi connectivity index (χ2n) is 4.84. The molecule has 1 amide bonds. The van der Waals surface area contributed by atoms with Crippen LogP contribution in [-0.2, 0) is 17.8 Å². The number of benzene rings is 1. The Bertz CT molecular complexity index is 403. The second kappa shape index (κ2) is 8.18.